The van der Waals surface area contributed by atoms with Crippen molar-refractivity contribution in [2.45, 2.75) is 59.3 Å². The molecule has 116 valence electrons. The molecule has 0 aliphatic carbocycles. The molecule has 0 N–H and O–H groups in total. The molecule has 6 nitrogen and oxygen atoms in total. The van der Waals surface area contributed by atoms with Gasteiger partial charge >= 0.3 is 35.5 Å². The van der Waals surface area contributed by atoms with Crippen LogP contribution in [0.4, 0.5) is 0 Å². The number of rotatable bonds is 9. The van der Waals surface area contributed by atoms with Gasteiger partial charge in [0.05, 0.1) is 0 Å². The number of carbonyl (C=O) groups is 1. The Labute approximate surface area is 144 Å². The molecule has 8 heteroatoms. The first-order chi connectivity index (χ1) is 8.87. The second-order valence-electron chi connectivity index (χ2n) is 3.81. The molecule has 0 unspecified atom stereocenters. The Morgan fingerprint density at radius 3 is 1.85 bits per heavy atom. The van der Waals surface area contributed by atoms with Gasteiger partial charge in [-0.2, -0.15) is 0 Å². The van der Waals surface area contributed by atoms with E-state index in [1.807, 2.05) is 13.8 Å². The molecule has 0 aromatic heterocycles. The van der Waals surface area contributed by atoms with Gasteiger partial charge in [0.2, 0.25) is 0 Å². The molecule has 0 amide bonds. The van der Waals surface area contributed by atoms with E-state index < -0.39 is 16.4 Å². The third kappa shape index (κ3) is 26.8. The van der Waals surface area contributed by atoms with Crippen molar-refractivity contribution in [1.82, 2.24) is 0 Å². The molecule has 0 rings (SSSR count). The largest absolute Gasteiger partial charge is 1.00 e. The topological polar surface area (TPSA) is 92.7 Å². The van der Waals surface area contributed by atoms with Crippen LogP contribution in [0, 0.1) is 0 Å². The van der Waals surface area contributed by atoms with Crippen LogP contribution in [0.2, 0.25) is 0 Å². The fourth-order valence-electron chi connectivity index (χ4n) is 1.23. The standard InChI is InChI=1S/C8H16O5S.C4H10O.Na/c1-2-3-4-5-6-7-8(9)13-14(10,11)12;1-3-5-4-2;/h2-7H2,1H3,(H,10,11,12);3-4H2,1-2H3;/q;;+1/p-1. The van der Waals surface area contributed by atoms with Crippen LogP contribution in [-0.4, -0.2) is 32.2 Å². The zero-order valence-electron chi connectivity index (χ0n) is 13.0. The summed E-state index contributed by atoms with van der Waals surface area (Å²) in [4.78, 5) is 10.7. The Hall–Kier alpha value is 0.340. The molecular weight excluding hydrogens is 295 g/mol. The first-order valence-electron chi connectivity index (χ1n) is 6.63. The molecular formula is C12H25NaO6S. The number of hydrogen-bond donors (Lipinski definition) is 0. The third-order valence-corrected chi connectivity index (χ3v) is 2.48. The van der Waals surface area contributed by atoms with Crippen LogP contribution in [0.15, 0.2) is 0 Å². The van der Waals surface area contributed by atoms with Gasteiger partial charge in [0.15, 0.2) is 0 Å². The minimum Gasteiger partial charge on any atom is -0.716 e. The Kier molecular flexibility index (Phi) is 22.0. The summed E-state index contributed by atoms with van der Waals surface area (Å²) in [6.07, 6.45) is 4.60. The Bertz CT molecular complexity index is 303. The molecule has 0 saturated carbocycles. The zero-order valence-corrected chi connectivity index (χ0v) is 15.8. The van der Waals surface area contributed by atoms with Crippen LogP contribution < -0.4 is 29.6 Å². The van der Waals surface area contributed by atoms with Gasteiger partial charge in [0, 0.05) is 19.6 Å². The number of hydrogen-bond acceptors (Lipinski definition) is 6. The van der Waals surface area contributed by atoms with Crippen LogP contribution in [0.25, 0.3) is 0 Å². The minimum atomic E-state index is -4.87. The molecule has 0 aliphatic rings. The summed E-state index contributed by atoms with van der Waals surface area (Å²) >= 11 is 0. The van der Waals surface area contributed by atoms with E-state index in [0.29, 0.717) is 6.42 Å². The number of carbonyl (C=O) groups excluding carboxylic acids is 1. The van der Waals surface area contributed by atoms with E-state index >= 15 is 0 Å². The molecule has 0 atom stereocenters. The molecule has 0 aromatic rings. The summed E-state index contributed by atoms with van der Waals surface area (Å²) in [5, 5.41) is 0. The van der Waals surface area contributed by atoms with Crippen LogP contribution in [-0.2, 0) is 24.1 Å². The predicted molar refractivity (Wildman–Crippen MR) is 71.3 cm³/mol. The fourth-order valence-corrected chi connectivity index (χ4v) is 1.54. The van der Waals surface area contributed by atoms with E-state index in [2.05, 4.69) is 11.1 Å². The maximum absolute atomic E-state index is 10.7. The van der Waals surface area contributed by atoms with Crippen molar-refractivity contribution in [1.29, 1.82) is 0 Å². The molecule has 0 bridgehead atoms. The van der Waals surface area contributed by atoms with Gasteiger partial charge in [-0.15, -0.1) is 0 Å². The molecule has 20 heavy (non-hydrogen) atoms. The van der Waals surface area contributed by atoms with Gasteiger partial charge in [-0.3, -0.25) is 4.79 Å². The smallest absolute Gasteiger partial charge is 0.716 e. The Morgan fingerprint density at radius 2 is 1.50 bits per heavy atom. The monoisotopic (exact) mass is 320 g/mol. The van der Waals surface area contributed by atoms with Gasteiger partial charge in [-0.25, -0.2) is 8.42 Å². The summed E-state index contributed by atoms with van der Waals surface area (Å²) in [7, 11) is -4.87. The van der Waals surface area contributed by atoms with E-state index in [4.69, 9.17) is 4.74 Å². The molecule has 0 aromatic carbocycles. The molecule has 0 aliphatic heterocycles. The van der Waals surface area contributed by atoms with Crippen molar-refractivity contribution in [2.24, 2.45) is 0 Å². The predicted octanol–water partition coefficient (Wildman–Crippen LogP) is -0.603. The average Bonchev–Trinajstić information content (AvgIpc) is 2.28. The van der Waals surface area contributed by atoms with E-state index in [1.54, 1.807) is 0 Å². The van der Waals surface area contributed by atoms with Gasteiger partial charge in [-0.05, 0) is 20.3 Å². The van der Waals surface area contributed by atoms with Gasteiger partial charge in [-0.1, -0.05) is 32.6 Å². The SMILES string of the molecule is CCCCCCCC(=O)OS(=O)(=O)[O-].CCOCC.[Na+]. The van der Waals surface area contributed by atoms with Crippen LogP contribution in [0.5, 0.6) is 0 Å². The number of unbranched alkanes of at least 4 members (excludes halogenated alkanes) is 4. The average molecular weight is 320 g/mol. The maximum Gasteiger partial charge on any atom is 1.00 e. The zero-order chi connectivity index (χ0) is 15.1. The van der Waals surface area contributed by atoms with Crippen molar-refractivity contribution < 1.29 is 56.2 Å². The van der Waals surface area contributed by atoms with Gasteiger partial charge in [0.1, 0.15) is 0 Å². The fraction of sp³-hybridized carbons (Fsp3) is 0.917. The normalized spacial score (nSPS) is 10.0. The maximum atomic E-state index is 10.7. The molecule has 0 spiro atoms. The van der Waals surface area contributed by atoms with Crippen LogP contribution in [0.1, 0.15) is 59.3 Å². The van der Waals surface area contributed by atoms with E-state index in [9.17, 15) is 17.8 Å². The Balaban J connectivity index is -0.000000414. The molecule has 0 saturated heterocycles. The summed E-state index contributed by atoms with van der Waals surface area (Å²) in [5.74, 6) is -0.962. The summed E-state index contributed by atoms with van der Waals surface area (Å²) < 4.78 is 38.4. The second-order valence-corrected chi connectivity index (χ2v) is 4.79. The van der Waals surface area contributed by atoms with Crippen molar-refractivity contribution in [3.05, 3.63) is 0 Å². The minimum absolute atomic E-state index is 0. The summed E-state index contributed by atoms with van der Waals surface area (Å²) in [5.41, 5.74) is 0. The number of ether oxygens (including phenoxy) is 1. The molecule has 0 fully saturated rings. The first kappa shape index (κ1) is 25.3. The van der Waals surface area contributed by atoms with Crippen LogP contribution in [0.3, 0.4) is 0 Å². The Morgan fingerprint density at radius 1 is 1.00 bits per heavy atom. The first-order valence-corrected chi connectivity index (χ1v) is 7.96. The van der Waals surface area contributed by atoms with E-state index in [0.717, 1.165) is 38.9 Å². The van der Waals surface area contributed by atoms with E-state index in [1.165, 1.54) is 0 Å². The molecule has 0 heterocycles. The van der Waals surface area contributed by atoms with Crippen molar-refractivity contribution >= 4 is 16.4 Å². The van der Waals surface area contributed by atoms with Crippen molar-refractivity contribution in [3.63, 3.8) is 0 Å². The van der Waals surface area contributed by atoms with Crippen LogP contribution >= 0.6 is 0 Å². The third-order valence-electron chi connectivity index (χ3n) is 2.09. The van der Waals surface area contributed by atoms with Crippen molar-refractivity contribution in [3.8, 4) is 0 Å². The van der Waals surface area contributed by atoms with Gasteiger partial charge in [0.25, 0.3) is 10.4 Å². The summed E-state index contributed by atoms with van der Waals surface area (Å²) in [6.45, 7) is 7.73. The summed E-state index contributed by atoms with van der Waals surface area (Å²) in [6, 6.07) is 0. The van der Waals surface area contributed by atoms with Gasteiger partial charge < -0.3 is 13.5 Å². The van der Waals surface area contributed by atoms with Crippen molar-refractivity contribution in [2.75, 3.05) is 13.2 Å². The molecule has 0 radical (unpaired) electrons. The quantitative estimate of drug-likeness (QED) is 0.244. The second kappa shape index (κ2) is 17.4. The van der Waals surface area contributed by atoms with E-state index in [-0.39, 0.29) is 36.0 Å².